The third-order valence-corrected chi connectivity index (χ3v) is 1.94. The van der Waals surface area contributed by atoms with E-state index in [9.17, 15) is 8.78 Å². The van der Waals surface area contributed by atoms with Gasteiger partial charge in [-0.15, -0.1) is 0 Å². The van der Waals surface area contributed by atoms with Crippen LogP contribution in [0.2, 0.25) is 0 Å². The van der Waals surface area contributed by atoms with Gasteiger partial charge in [0.05, 0.1) is 0 Å². The van der Waals surface area contributed by atoms with Crippen molar-refractivity contribution in [2.24, 2.45) is 5.73 Å². The van der Waals surface area contributed by atoms with Gasteiger partial charge in [-0.1, -0.05) is 0 Å². The van der Waals surface area contributed by atoms with Gasteiger partial charge in [0, 0.05) is 17.2 Å². The van der Waals surface area contributed by atoms with Crippen molar-refractivity contribution in [3.05, 3.63) is 34.9 Å². The number of rotatable bonds is 1. The van der Waals surface area contributed by atoms with Crippen LogP contribution in [0.15, 0.2) is 12.1 Å². The number of aryl methyl sites for hydroxylation is 1. The third-order valence-electron chi connectivity index (χ3n) is 1.94. The lowest BCUT2D eigenvalue weighted by Gasteiger charge is -2.20. The average Bonchev–Trinajstić information content (AvgIpc) is 1.94. The minimum absolute atomic E-state index is 0.339. The normalized spacial score (nSPS) is 11.8. The maximum absolute atomic E-state index is 13.2. The molecule has 1 aromatic carbocycles. The topological polar surface area (TPSA) is 26.0 Å². The van der Waals surface area contributed by atoms with Crippen LogP contribution in [-0.2, 0) is 5.54 Å². The molecule has 1 aromatic rings. The first-order valence-corrected chi connectivity index (χ1v) is 4.07. The summed E-state index contributed by atoms with van der Waals surface area (Å²) < 4.78 is 26.1. The standard InChI is InChI=1S/C10H13F2N/c1-6-4-7(10(2,3)13)9(12)5-8(6)11/h4-5H,13H2,1-3H3. The van der Waals surface area contributed by atoms with Crippen LogP contribution >= 0.6 is 0 Å². The average molecular weight is 185 g/mol. The van der Waals surface area contributed by atoms with Crippen molar-refractivity contribution in [2.45, 2.75) is 26.3 Å². The van der Waals surface area contributed by atoms with Crippen LogP contribution in [-0.4, -0.2) is 0 Å². The summed E-state index contributed by atoms with van der Waals surface area (Å²) in [6.07, 6.45) is 0. The first-order chi connectivity index (χ1) is 5.82. The van der Waals surface area contributed by atoms with Crippen LogP contribution in [0.25, 0.3) is 0 Å². The monoisotopic (exact) mass is 185 g/mol. The van der Waals surface area contributed by atoms with E-state index < -0.39 is 17.2 Å². The fraction of sp³-hybridized carbons (Fsp3) is 0.400. The van der Waals surface area contributed by atoms with Gasteiger partial charge in [-0.3, -0.25) is 0 Å². The predicted molar refractivity (Wildman–Crippen MR) is 48.3 cm³/mol. The molecular weight excluding hydrogens is 172 g/mol. The lowest BCUT2D eigenvalue weighted by Crippen LogP contribution is -2.30. The summed E-state index contributed by atoms with van der Waals surface area (Å²) in [6, 6.07) is 2.32. The summed E-state index contributed by atoms with van der Waals surface area (Å²) in [5, 5.41) is 0. The van der Waals surface area contributed by atoms with Gasteiger partial charge < -0.3 is 5.73 Å². The highest BCUT2D eigenvalue weighted by Crippen LogP contribution is 2.23. The smallest absolute Gasteiger partial charge is 0.131 e. The first-order valence-electron chi connectivity index (χ1n) is 4.07. The van der Waals surface area contributed by atoms with Crippen LogP contribution in [0.3, 0.4) is 0 Å². The zero-order valence-electron chi connectivity index (χ0n) is 7.99. The van der Waals surface area contributed by atoms with Gasteiger partial charge >= 0.3 is 0 Å². The van der Waals surface area contributed by atoms with Gasteiger partial charge in [-0.25, -0.2) is 8.78 Å². The molecule has 1 nitrogen and oxygen atoms in total. The Balaban J connectivity index is 3.32. The van der Waals surface area contributed by atoms with Crippen molar-refractivity contribution in [2.75, 3.05) is 0 Å². The molecule has 2 N–H and O–H groups in total. The first kappa shape index (κ1) is 10.1. The minimum Gasteiger partial charge on any atom is -0.322 e. The Kier molecular flexibility index (Phi) is 2.39. The molecule has 0 bridgehead atoms. The summed E-state index contributed by atoms with van der Waals surface area (Å²) >= 11 is 0. The molecule has 0 radical (unpaired) electrons. The van der Waals surface area contributed by atoms with Crippen LogP contribution in [0.4, 0.5) is 8.78 Å². The second-order valence-corrected chi connectivity index (χ2v) is 3.80. The van der Waals surface area contributed by atoms with E-state index in [4.69, 9.17) is 5.73 Å². The molecule has 0 amide bonds. The van der Waals surface area contributed by atoms with Crippen molar-refractivity contribution >= 4 is 0 Å². The van der Waals surface area contributed by atoms with Crippen molar-refractivity contribution < 1.29 is 8.78 Å². The lowest BCUT2D eigenvalue weighted by atomic mass is 9.93. The van der Waals surface area contributed by atoms with E-state index in [2.05, 4.69) is 0 Å². The third kappa shape index (κ3) is 2.04. The molecule has 0 aromatic heterocycles. The largest absolute Gasteiger partial charge is 0.322 e. The van der Waals surface area contributed by atoms with Gasteiger partial charge in [0.2, 0.25) is 0 Å². The molecule has 1 rings (SSSR count). The van der Waals surface area contributed by atoms with E-state index in [-0.39, 0.29) is 0 Å². The van der Waals surface area contributed by atoms with Gasteiger partial charge in [-0.2, -0.15) is 0 Å². The molecule has 0 aliphatic heterocycles. The predicted octanol–water partition coefficient (Wildman–Crippen LogP) is 2.47. The number of benzene rings is 1. The summed E-state index contributed by atoms with van der Waals surface area (Å²) in [7, 11) is 0. The molecule has 72 valence electrons. The van der Waals surface area contributed by atoms with Gasteiger partial charge in [0.25, 0.3) is 0 Å². The minimum atomic E-state index is -0.775. The molecule has 0 heterocycles. The second kappa shape index (κ2) is 3.07. The van der Waals surface area contributed by atoms with Crippen LogP contribution in [0, 0.1) is 18.6 Å². The Bertz CT molecular complexity index is 326. The molecule has 0 aliphatic carbocycles. The Morgan fingerprint density at radius 2 is 1.69 bits per heavy atom. The van der Waals surface area contributed by atoms with Gasteiger partial charge in [0.1, 0.15) is 11.6 Å². The summed E-state index contributed by atoms with van der Waals surface area (Å²) in [4.78, 5) is 0. The quantitative estimate of drug-likeness (QED) is 0.714. The van der Waals surface area contributed by atoms with E-state index in [0.29, 0.717) is 11.1 Å². The summed E-state index contributed by atoms with van der Waals surface area (Å²) in [5.74, 6) is -1.12. The molecule has 0 saturated heterocycles. The Morgan fingerprint density at radius 1 is 1.15 bits per heavy atom. The Labute approximate surface area is 76.6 Å². The zero-order chi connectivity index (χ0) is 10.2. The molecule has 0 aliphatic rings. The zero-order valence-corrected chi connectivity index (χ0v) is 7.99. The summed E-state index contributed by atoms with van der Waals surface area (Å²) in [5.41, 5.74) is 5.69. The van der Waals surface area contributed by atoms with Gasteiger partial charge in [-0.05, 0) is 32.4 Å². The second-order valence-electron chi connectivity index (χ2n) is 3.80. The molecule has 0 fully saturated rings. The summed E-state index contributed by atoms with van der Waals surface area (Å²) in [6.45, 7) is 4.95. The fourth-order valence-corrected chi connectivity index (χ4v) is 1.15. The SMILES string of the molecule is Cc1cc(C(C)(C)N)c(F)cc1F. The lowest BCUT2D eigenvalue weighted by molar-refractivity contribution is 0.491. The molecular formula is C10H13F2N. The number of halogens is 2. The highest BCUT2D eigenvalue weighted by atomic mass is 19.1. The maximum Gasteiger partial charge on any atom is 0.131 e. The van der Waals surface area contributed by atoms with Crippen LogP contribution in [0.1, 0.15) is 25.0 Å². The molecule has 13 heavy (non-hydrogen) atoms. The number of hydrogen-bond acceptors (Lipinski definition) is 1. The number of hydrogen-bond donors (Lipinski definition) is 1. The Morgan fingerprint density at radius 3 is 2.15 bits per heavy atom. The van der Waals surface area contributed by atoms with Gasteiger partial charge in [0.15, 0.2) is 0 Å². The van der Waals surface area contributed by atoms with Crippen LogP contribution in [0.5, 0.6) is 0 Å². The van der Waals surface area contributed by atoms with E-state index in [1.54, 1.807) is 20.8 Å². The van der Waals surface area contributed by atoms with Crippen LogP contribution < -0.4 is 5.73 Å². The van der Waals surface area contributed by atoms with E-state index in [1.165, 1.54) is 6.07 Å². The van der Waals surface area contributed by atoms with Crippen molar-refractivity contribution in [1.29, 1.82) is 0 Å². The van der Waals surface area contributed by atoms with E-state index >= 15 is 0 Å². The van der Waals surface area contributed by atoms with Crippen molar-refractivity contribution in [1.82, 2.24) is 0 Å². The highest BCUT2D eigenvalue weighted by Gasteiger charge is 2.20. The molecule has 0 saturated carbocycles. The molecule has 0 atom stereocenters. The fourth-order valence-electron chi connectivity index (χ4n) is 1.15. The van der Waals surface area contributed by atoms with E-state index in [1.807, 2.05) is 0 Å². The molecule has 3 heteroatoms. The maximum atomic E-state index is 13.2. The van der Waals surface area contributed by atoms with E-state index in [0.717, 1.165) is 6.07 Å². The van der Waals surface area contributed by atoms with Crippen molar-refractivity contribution in [3.8, 4) is 0 Å². The van der Waals surface area contributed by atoms with Crippen molar-refractivity contribution in [3.63, 3.8) is 0 Å². The Hall–Kier alpha value is -0.960. The molecule has 0 spiro atoms. The number of nitrogens with two attached hydrogens (primary N) is 1. The highest BCUT2D eigenvalue weighted by molar-refractivity contribution is 5.30. The molecule has 0 unspecified atom stereocenters.